The van der Waals surface area contributed by atoms with Crippen molar-refractivity contribution in [3.8, 4) is 5.75 Å². The Kier molecular flexibility index (Phi) is 3.13. The molecule has 0 spiro atoms. The molecule has 1 aromatic rings. The van der Waals surface area contributed by atoms with Crippen molar-refractivity contribution in [2.24, 2.45) is 0 Å². The lowest BCUT2D eigenvalue weighted by atomic mass is 10.1. The molecular weight excluding hydrogens is 227 g/mol. The minimum Gasteiger partial charge on any atom is -0.495 e. The Labute approximate surface area is 98.8 Å². The van der Waals surface area contributed by atoms with Gasteiger partial charge >= 0.3 is 0 Å². The van der Waals surface area contributed by atoms with Crippen LogP contribution in [-0.4, -0.2) is 24.1 Å². The zero-order valence-electron chi connectivity index (χ0n) is 9.42. The molecule has 0 atom stereocenters. The number of aliphatic hydroxyl groups is 1. The number of hydrogen-bond donors (Lipinski definition) is 1. The maximum Gasteiger partial charge on any atom is 0.135 e. The fourth-order valence-electron chi connectivity index (χ4n) is 1.81. The van der Waals surface area contributed by atoms with Crippen molar-refractivity contribution in [2.45, 2.75) is 29.8 Å². The molecule has 1 saturated carbocycles. The van der Waals surface area contributed by atoms with Crippen molar-refractivity contribution in [1.82, 2.24) is 0 Å². The standard InChI is InChI=1S/C12H15FO2S/c1-15-11-8(7-12(14)3-4-12)5-9(13)6-10(11)16-2/h5-6,14H,3-4,7H2,1-2H3. The molecule has 1 fully saturated rings. The lowest BCUT2D eigenvalue weighted by Crippen LogP contribution is -2.12. The second-order valence-electron chi connectivity index (χ2n) is 4.20. The SMILES string of the molecule is COc1c(CC2(O)CC2)cc(F)cc1SC. The van der Waals surface area contributed by atoms with Crippen LogP contribution < -0.4 is 4.74 Å². The highest BCUT2D eigenvalue weighted by molar-refractivity contribution is 7.98. The molecule has 0 saturated heterocycles. The van der Waals surface area contributed by atoms with Crippen LogP contribution in [0.3, 0.4) is 0 Å². The van der Waals surface area contributed by atoms with Crippen LogP contribution in [0.2, 0.25) is 0 Å². The van der Waals surface area contributed by atoms with Crippen LogP contribution in [0.15, 0.2) is 17.0 Å². The summed E-state index contributed by atoms with van der Waals surface area (Å²) < 4.78 is 18.7. The molecule has 0 aliphatic heterocycles. The van der Waals surface area contributed by atoms with Crippen LogP contribution >= 0.6 is 11.8 Å². The predicted octanol–water partition coefficient (Wildman–Crippen LogP) is 2.62. The Balaban J connectivity index is 2.37. The minimum atomic E-state index is -0.628. The molecule has 2 nitrogen and oxygen atoms in total. The molecule has 0 bridgehead atoms. The Morgan fingerprint density at radius 1 is 1.50 bits per heavy atom. The molecule has 4 heteroatoms. The van der Waals surface area contributed by atoms with Gasteiger partial charge in [0.15, 0.2) is 0 Å². The molecule has 1 N–H and O–H groups in total. The number of ether oxygens (including phenoxy) is 1. The lowest BCUT2D eigenvalue weighted by molar-refractivity contribution is 0.149. The molecule has 0 heterocycles. The van der Waals surface area contributed by atoms with Crippen LogP contribution in [0, 0.1) is 5.82 Å². The van der Waals surface area contributed by atoms with Gasteiger partial charge in [-0.3, -0.25) is 0 Å². The molecule has 2 rings (SSSR count). The zero-order valence-corrected chi connectivity index (χ0v) is 10.2. The molecule has 1 aliphatic carbocycles. The highest BCUT2D eigenvalue weighted by Crippen LogP contribution is 2.42. The van der Waals surface area contributed by atoms with Crippen LogP contribution in [0.5, 0.6) is 5.75 Å². The fraction of sp³-hybridized carbons (Fsp3) is 0.500. The molecule has 0 radical (unpaired) electrons. The number of benzene rings is 1. The van der Waals surface area contributed by atoms with E-state index in [2.05, 4.69) is 0 Å². The van der Waals surface area contributed by atoms with Gasteiger partial charge in [0.25, 0.3) is 0 Å². The van der Waals surface area contributed by atoms with Gasteiger partial charge in [-0.05, 0) is 31.2 Å². The Hall–Kier alpha value is -0.740. The molecule has 0 unspecified atom stereocenters. The van der Waals surface area contributed by atoms with Crippen LogP contribution in [-0.2, 0) is 6.42 Å². The van der Waals surface area contributed by atoms with Crippen molar-refractivity contribution in [1.29, 1.82) is 0 Å². The van der Waals surface area contributed by atoms with Crippen molar-refractivity contribution in [2.75, 3.05) is 13.4 Å². The summed E-state index contributed by atoms with van der Waals surface area (Å²) in [5, 5.41) is 9.87. The molecule has 1 aliphatic rings. The predicted molar refractivity (Wildman–Crippen MR) is 62.6 cm³/mol. The maximum atomic E-state index is 13.4. The van der Waals surface area contributed by atoms with Gasteiger partial charge < -0.3 is 9.84 Å². The summed E-state index contributed by atoms with van der Waals surface area (Å²) in [5.41, 5.74) is 0.128. The first-order chi connectivity index (χ1) is 7.58. The number of thioether (sulfide) groups is 1. The summed E-state index contributed by atoms with van der Waals surface area (Å²) in [5.74, 6) is 0.415. The summed E-state index contributed by atoms with van der Waals surface area (Å²) >= 11 is 1.45. The Morgan fingerprint density at radius 2 is 2.19 bits per heavy atom. The molecule has 88 valence electrons. The minimum absolute atomic E-state index is 0.274. The van der Waals surface area contributed by atoms with E-state index in [1.54, 1.807) is 7.11 Å². The highest BCUT2D eigenvalue weighted by Gasteiger charge is 2.41. The van der Waals surface area contributed by atoms with Crippen molar-refractivity contribution in [3.05, 3.63) is 23.5 Å². The molecule has 0 aromatic heterocycles. The third-order valence-electron chi connectivity index (χ3n) is 2.87. The first-order valence-electron chi connectivity index (χ1n) is 5.21. The summed E-state index contributed by atoms with van der Waals surface area (Å²) in [6.07, 6.45) is 3.94. The quantitative estimate of drug-likeness (QED) is 0.823. The van der Waals surface area contributed by atoms with Gasteiger partial charge in [-0.15, -0.1) is 11.8 Å². The smallest absolute Gasteiger partial charge is 0.135 e. The molecule has 16 heavy (non-hydrogen) atoms. The first-order valence-corrected chi connectivity index (χ1v) is 6.43. The number of halogens is 1. The average molecular weight is 242 g/mol. The van der Waals surface area contributed by atoms with Crippen LogP contribution in [0.25, 0.3) is 0 Å². The summed E-state index contributed by atoms with van der Waals surface area (Å²) in [6, 6.07) is 2.92. The van der Waals surface area contributed by atoms with E-state index >= 15 is 0 Å². The van der Waals surface area contributed by atoms with E-state index in [1.807, 2.05) is 6.26 Å². The first kappa shape index (κ1) is 11.7. The average Bonchev–Trinajstić information content (AvgIpc) is 2.95. The van der Waals surface area contributed by atoms with E-state index < -0.39 is 5.60 Å². The lowest BCUT2D eigenvalue weighted by Gasteiger charge is -2.15. The molecular formula is C12H15FO2S. The van der Waals surface area contributed by atoms with Crippen molar-refractivity contribution >= 4 is 11.8 Å². The van der Waals surface area contributed by atoms with Crippen molar-refractivity contribution in [3.63, 3.8) is 0 Å². The van der Waals surface area contributed by atoms with Gasteiger partial charge in [0.2, 0.25) is 0 Å². The molecule has 1 aromatic carbocycles. The fourth-order valence-corrected chi connectivity index (χ4v) is 2.44. The van der Waals surface area contributed by atoms with E-state index in [4.69, 9.17) is 4.74 Å². The molecule has 0 amide bonds. The van der Waals surface area contributed by atoms with E-state index in [9.17, 15) is 9.50 Å². The van der Waals surface area contributed by atoms with E-state index in [0.29, 0.717) is 12.2 Å². The van der Waals surface area contributed by atoms with Gasteiger partial charge in [0.05, 0.1) is 17.6 Å². The van der Waals surface area contributed by atoms with Crippen LogP contribution in [0.4, 0.5) is 4.39 Å². The van der Waals surface area contributed by atoms with Gasteiger partial charge in [-0.1, -0.05) is 0 Å². The topological polar surface area (TPSA) is 29.5 Å². The number of hydrogen-bond acceptors (Lipinski definition) is 3. The Morgan fingerprint density at radius 3 is 2.69 bits per heavy atom. The van der Waals surface area contributed by atoms with Gasteiger partial charge in [-0.2, -0.15) is 0 Å². The highest BCUT2D eigenvalue weighted by atomic mass is 32.2. The van der Waals surface area contributed by atoms with Crippen molar-refractivity contribution < 1.29 is 14.2 Å². The van der Waals surface area contributed by atoms with Crippen LogP contribution in [0.1, 0.15) is 18.4 Å². The second-order valence-corrected chi connectivity index (χ2v) is 5.05. The monoisotopic (exact) mass is 242 g/mol. The maximum absolute atomic E-state index is 13.4. The van der Waals surface area contributed by atoms with Gasteiger partial charge in [-0.25, -0.2) is 4.39 Å². The number of rotatable bonds is 4. The summed E-state index contributed by atoms with van der Waals surface area (Å²) in [4.78, 5) is 0.779. The second kappa shape index (κ2) is 4.26. The summed E-state index contributed by atoms with van der Waals surface area (Å²) in [7, 11) is 1.58. The third kappa shape index (κ3) is 2.33. The Bertz CT molecular complexity index is 402. The third-order valence-corrected chi connectivity index (χ3v) is 3.61. The van der Waals surface area contributed by atoms with E-state index in [0.717, 1.165) is 23.3 Å². The van der Waals surface area contributed by atoms with E-state index in [1.165, 1.54) is 23.9 Å². The van der Waals surface area contributed by atoms with Gasteiger partial charge in [0.1, 0.15) is 11.6 Å². The zero-order chi connectivity index (χ0) is 11.8. The normalized spacial score (nSPS) is 17.2. The van der Waals surface area contributed by atoms with Gasteiger partial charge in [0, 0.05) is 12.0 Å². The van der Waals surface area contributed by atoms with E-state index in [-0.39, 0.29) is 5.82 Å². The largest absolute Gasteiger partial charge is 0.495 e. The summed E-state index contributed by atoms with van der Waals surface area (Å²) in [6.45, 7) is 0. The number of methoxy groups -OCH3 is 1.